The summed E-state index contributed by atoms with van der Waals surface area (Å²) in [6.45, 7) is 0.975. The number of halogens is 3. The predicted molar refractivity (Wildman–Crippen MR) is 117 cm³/mol. The highest BCUT2D eigenvalue weighted by Gasteiger charge is 2.43. The molecule has 32 heavy (non-hydrogen) atoms. The summed E-state index contributed by atoms with van der Waals surface area (Å²) in [5, 5.41) is 7.09. The normalized spacial score (nSPS) is 19.0. The van der Waals surface area contributed by atoms with E-state index < -0.39 is 18.0 Å². The molecule has 1 aromatic heterocycles. The summed E-state index contributed by atoms with van der Waals surface area (Å²) in [5.74, 6) is -2.24. The smallest absolute Gasteiger partial charge is 0.352 e. The molecule has 1 heterocycles. The Bertz CT molecular complexity index is 1030. The molecule has 1 amide bonds. The van der Waals surface area contributed by atoms with Crippen LogP contribution in [-0.2, 0) is 17.9 Å². The molecule has 0 spiro atoms. The van der Waals surface area contributed by atoms with E-state index in [1.807, 2.05) is 65.5 Å². The molecular weight excluding hydrogens is 415 g/mol. The Labute approximate surface area is 185 Å². The van der Waals surface area contributed by atoms with E-state index in [-0.39, 0.29) is 25.3 Å². The van der Waals surface area contributed by atoms with Crippen molar-refractivity contribution in [2.24, 2.45) is 11.8 Å². The fraction of sp³-hybridized carbons (Fsp3) is 0.360. The summed E-state index contributed by atoms with van der Waals surface area (Å²) in [6, 6.07) is 17.8. The third-order valence-corrected chi connectivity index (χ3v) is 6.15. The van der Waals surface area contributed by atoms with Gasteiger partial charge in [0.05, 0.1) is 12.5 Å². The second-order valence-electron chi connectivity index (χ2n) is 8.38. The highest BCUT2D eigenvalue weighted by Crippen LogP contribution is 2.40. The second-order valence-corrected chi connectivity index (χ2v) is 8.38. The van der Waals surface area contributed by atoms with Crippen LogP contribution in [0, 0.1) is 11.8 Å². The molecule has 4 nitrogen and oxygen atoms in total. The summed E-state index contributed by atoms with van der Waals surface area (Å²) in [7, 11) is 0. The van der Waals surface area contributed by atoms with E-state index in [1.165, 1.54) is 0 Å². The lowest BCUT2D eigenvalue weighted by atomic mass is 9.80. The van der Waals surface area contributed by atoms with E-state index in [0.29, 0.717) is 19.4 Å². The molecular formula is C25H26F3N3O. The van der Waals surface area contributed by atoms with Gasteiger partial charge in [-0.05, 0) is 47.6 Å². The number of nitrogens with one attached hydrogen (secondary N) is 1. The molecule has 1 fully saturated rings. The third kappa shape index (κ3) is 5.39. The number of carbonyl (C=O) groups is 1. The fourth-order valence-corrected chi connectivity index (χ4v) is 4.38. The Morgan fingerprint density at radius 3 is 2.56 bits per heavy atom. The van der Waals surface area contributed by atoms with Crippen molar-refractivity contribution >= 4 is 5.91 Å². The van der Waals surface area contributed by atoms with Gasteiger partial charge in [-0.3, -0.25) is 9.48 Å². The van der Waals surface area contributed by atoms with Crippen LogP contribution in [-0.4, -0.2) is 21.9 Å². The molecule has 7 heteroatoms. The Hall–Kier alpha value is -3.09. The van der Waals surface area contributed by atoms with Crippen molar-refractivity contribution in [1.29, 1.82) is 0 Å². The van der Waals surface area contributed by atoms with Gasteiger partial charge in [0.2, 0.25) is 5.91 Å². The summed E-state index contributed by atoms with van der Waals surface area (Å²) < 4.78 is 41.1. The average Bonchev–Trinajstić information content (AvgIpc) is 3.31. The number of carbonyl (C=O) groups excluding carboxylic acids is 1. The molecule has 2 unspecified atom stereocenters. The molecule has 0 saturated heterocycles. The first-order chi connectivity index (χ1) is 15.4. The van der Waals surface area contributed by atoms with Crippen LogP contribution in [0.1, 0.15) is 36.8 Å². The van der Waals surface area contributed by atoms with Crippen LogP contribution in [0.5, 0.6) is 0 Å². The Morgan fingerprint density at radius 1 is 1.06 bits per heavy atom. The molecule has 1 aliphatic rings. The highest BCUT2D eigenvalue weighted by atomic mass is 19.4. The lowest BCUT2D eigenvalue weighted by Crippen LogP contribution is -2.37. The summed E-state index contributed by atoms with van der Waals surface area (Å²) >= 11 is 0. The van der Waals surface area contributed by atoms with Gasteiger partial charge in [-0.25, -0.2) is 0 Å². The zero-order valence-electron chi connectivity index (χ0n) is 17.7. The minimum absolute atomic E-state index is 0.116. The molecule has 2 aromatic carbocycles. The number of rotatable bonds is 6. The lowest BCUT2D eigenvalue weighted by molar-refractivity contribution is -0.186. The largest absolute Gasteiger partial charge is 0.391 e. The second kappa shape index (κ2) is 9.59. The van der Waals surface area contributed by atoms with E-state index in [1.54, 1.807) is 6.20 Å². The highest BCUT2D eigenvalue weighted by molar-refractivity contribution is 5.79. The minimum Gasteiger partial charge on any atom is -0.352 e. The first-order valence-electron chi connectivity index (χ1n) is 10.9. The zero-order chi connectivity index (χ0) is 22.6. The van der Waals surface area contributed by atoms with Gasteiger partial charge < -0.3 is 5.32 Å². The van der Waals surface area contributed by atoms with Crippen LogP contribution in [0.2, 0.25) is 0 Å². The van der Waals surface area contributed by atoms with Gasteiger partial charge in [0.25, 0.3) is 0 Å². The molecule has 1 saturated carbocycles. The molecule has 0 radical (unpaired) electrons. The number of hydrogen-bond acceptors (Lipinski definition) is 2. The van der Waals surface area contributed by atoms with Gasteiger partial charge in [0.1, 0.15) is 0 Å². The minimum atomic E-state index is -4.23. The van der Waals surface area contributed by atoms with Crippen molar-refractivity contribution < 1.29 is 18.0 Å². The third-order valence-electron chi connectivity index (χ3n) is 6.15. The van der Waals surface area contributed by atoms with Crippen LogP contribution >= 0.6 is 0 Å². The van der Waals surface area contributed by atoms with Gasteiger partial charge in [0, 0.05) is 24.9 Å². The average molecular weight is 441 g/mol. The molecule has 0 aliphatic heterocycles. The molecule has 1 aliphatic carbocycles. The molecule has 2 atom stereocenters. The van der Waals surface area contributed by atoms with E-state index in [2.05, 4.69) is 10.4 Å². The van der Waals surface area contributed by atoms with Gasteiger partial charge in [-0.15, -0.1) is 0 Å². The zero-order valence-corrected chi connectivity index (χ0v) is 17.7. The van der Waals surface area contributed by atoms with Gasteiger partial charge in [-0.2, -0.15) is 18.3 Å². The van der Waals surface area contributed by atoms with Crippen LogP contribution in [0.25, 0.3) is 11.1 Å². The van der Waals surface area contributed by atoms with E-state index in [4.69, 9.17) is 0 Å². The van der Waals surface area contributed by atoms with Crippen molar-refractivity contribution in [3.63, 3.8) is 0 Å². The number of amides is 1. The lowest BCUT2D eigenvalue weighted by Gasteiger charge is -2.29. The number of aromatic nitrogens is 2. The first kappa shape index (κ1) is 22.1. The first-order valence-corrected chi connectivity index (χ1v) is 10.9. The molecule has 3 aromatic rings. The summed E-state index contributed by atoms with van der Waals surface area (Å²) in [5.41, 5.74) is 4.08. The maximum Gasteiger partial charge on any atom is 0.391 e. The molecule has 1 N–H and O–H groups in total. The van der Waals surface area contributed by atoms with Crippen molar-refractivity contribution in [2.45, 2.75) is 44.9 Å². The van der Waals surface area contributed by atoms with Crippen molar-refractivity contribution in [1.82, 2.24) is 15.1 Å². The van der Waals surface area contributed by atoms with Crippen molar-refractivity contribution in [3.05, 3.63) is 78.1 Å². The number of hydrogen-bond donors (Lipinski definition) is 1. The fourth-order valence-electron chi connectivity index (χ4n) is 4.38. The van der Waals surface area contributed by atoms with Crippen LogP contribution < -0.4 is 5.32 Å². The van der Waals surface area contributed by atoms with E-state index >= 15 is 0 Å². The molecule has 168 valence electrons. The van der Waals surface area contributed by atoms with E-state index in [0.717, 1.165) is 22.3 Å². The quantitative estimate of drug-likeness (QED) is 0.543. The summed E-state index contributed by atoms with van der Waals surface area (Å²) in [6.07, 6.45) is 0.377. The number of benzene rings is 2. The monoisotopic (exact) mass is 441 g/mol. The SMILES string of the molecule is O=C(NCc1ccccc1-c1ccc(Cn2cccn2)cc1)C1CCCC(C(F)(F)F)C1. The summed E-state index contributed by atoms with van der Waals surface area (Å²) in [4.78, 5) is 12.6. The van der Waals surface area contributed by atoms with Crippen molar-refractivity contribution in [2.75, 3.05) is 0 Å². The topological polar surface area (TPSA) is 46.9 Å². The van der Waals surface area contributed by atoms with Gasteiger partial charge in [0.15, 0.2) is 0 Å². The standard InChI is InChI=1S/C25H26F3N3O/c26-25(27,28)22-7-3-6-20(15-22)24(32)29-16-21-5-1-2-8-23(21)19-11-9-18(10-12-19)17-31-14-4-13-30-31/h1-2,4-5,8-14,20,22H,3,6-7,15-17H2,(H,29,32). The van der Waals surface area contributed by atoms with E-state index in [9.17, 15) is 18.0 Å². The number of alkyl halides is 3. The predicted octanol–water partition coefficient (Wildman–Crippen LogP) is 5.58. The number of nitrogens with zero attached hydrogens (tertiary/aromatic N) is 2. The Balaban J connectivity index is 1.41. The van der Waals surface area contributed by atoms with Gasteiger partial charge >= 0.3 is 6.18 Å². The molecule has 4 rings (SSSR count). The van der Waals surface area contributed by atoms with Crippen LogP contribution in [0.3, 0.4) is 0 Å². The maximum atomic E-state index is 13.1. The molecule has 0 bridgehead atoms. The van der Waals surface area contributed by atoms with Crippen molar-refractivity contribution in [3.8, 4) is 11.1 Å². The van der Waals surface area contributed by atoms with Crippen LogP contribution in [0.4, 0.5) is 13.2 Å². The Morgan fingerprint density at radius 2 is 1.84 bits per heavy atom. The maximum absolute atomic E-state index is 13.1. The van der Waals surface area contributed by atoms with Gasteiger partial charge in [-0.1, -0.05) is 55.0 Å². The Kier molecular flexibility index (Phi) is 6.63. The van der Waals surface area contributed by atoms with Crippen LogP contribution in [0.15, 0.2) is 67.0 Å².